The minimum atomic E-state index is 0.0308. The van der Waals surface area contributed by atoms with E-state index in [0.29, 0.717) is 39.4 Å². The van der Waals surface area contributed by atoms with Crippen molar-refractivity contribution >= 4 is 5.91 Å². The van der Waals surface area contributed by atoms with Crippen molar-refractivity contribution in [2.24, 2.45) is 0 Å². The van der Waals surface area contributed by atoms with E-state index in [-0.39, 0.29) is 12.5 Å². The molecular weight excluding hydrogens is 236 g/mol. The fraction of sp³-hybridized carbons (Fsp3) is 0.917. The van der Waals surface area contributed by atoms with Gasteiger partial charge < -0.3 is 24.8 Å². The molecule has 6 heteroatoms. The van der Waals surface area contributed by atoms with Gasteiger partial charge in [0.05, 0.1) is 33.0 Å². The van der Waals surface area contributed by atoms with E-state index in [1.54, 1.807) is 0 Å². The van der Waals surface area contributed by atoms with Crippen LogP contribution in [0.2, 0.25) is 0 Å². The van der Waals surface area contributed by atoms with Crippen LogP contribution in [0, 0.1) is 0 Å². The molecule has 18 heavy (non-hydrogen) atoms. The molecule has 0 bridgehead atoms. The Bertz CT molecular complexity index is 201. The average molecular weight is 262 g/mol. The van der Waals surface area contributed by atoms with E-state index in [4.69, 9.17) is 14.6 Å². The number of aliphatic hydroxyl groups is 1. The number of carbonyl (C=O) groups is 1. The summed E-state index contributed by atoms with van der Waals surface area (Å²) < 4.78 is 10.3. The van der Waals surface area contributed by atoms with Gasteiger partial charge in [-0.2, -0.15) is 0 Å². The molecule has 0 aromatic heterocycles. The third-order valence-electron chi connectivity index (χ3n) is 2.19. The molecular formula is C12H26N2O4. The fourth-order valence-corrected chi connectivity index (χ4v) is 1.29. The smallest absolute Gasteiger partial charge is 0.220 e. The first-order chi connectivity index (χ1) is 8.66. The molecule has 0 spiro atoms. The van der Waals surface area contributed by atoms with Gasteiger partial charge in [-0.3, -0.25) is 4.79 Å². The van der Waals surface area contributed by atoms with Crippen LogP contribution in [0.1, 0.15) is 12.8 Å². The number of nitrogens with one attached hydrogen (secondary N) is 1. The van der Waals surface area contributed by atoms with E-state index >= 15 is 0 Å². The number of carbonyl (C=O) groups excluding carboxylic acids is 1. The minimum absolute atomic E-state index is 0.0308. The molecule has 0 saturated heterocycles. The van der Waals surface area contributed by atoms with E-state index in [1.165, 1.54) is 0 Å². The standard InChI is InChI=1S/C12H26N2O4/c1-14(2)6-3-4-12(16)13-5-8-17-10-11-18-9-7-15/h15H,3-11H2,1-2H3,(H,13,16). The van der Waals surface area contributed by atoms with Crippen molar-refractivity contribution in [3.63, 3.8) is 0 Å². The molecule has 2 N–H and O–H groups in total. The van der Waals surface area contributed by atoms with Crippen molar-refractivity contribution in [3.05, 3.63) is 0 Å². The first-order valence-electron chi connectivity index (χ1n) is 6.34. The summed E-state index contributed by atoms with van der Waals surface area (Å²) in [5, 5.41) is 11.3. The van der Waals surface area contributed by atoms with Gasteiger partial charge in [0.1, 0.15) is 0 Å². The van der Waals surface area contributed by atoms with E-state index < -0.39 is 0 Å². The zero-order valence-electron chi connectivity index (χ0n) is 11.5. The van der Waals surface area contributed by atoms with Crippen molar-refractivity contribution in [2.75, 3.05) is 60.2 Å². The monoisotopic (exact) mass is 262 g/mol. The van der Waals surface area contributed by atoms with Crippen LogP contribution in [0.3, 0.4) is 0 Å². The lowest BCUT2D eigenvalue weighted by molar-refractivity contribution is -0.121. The van der Waals surface area contributed by atoms with Crippen LogP contribution in [0.15, 0.2) is 0 Å². The zero-order valence-corrected chi connectivity index (χ0v) is 11.5. The Labute approximate surface area is 109 Å². The predicted octanol–water partition coefficient (Wildman–Crippen LogP) is -0.530. The van der Waals surface area contributed by atoms with Gasteiger partial charge in [0, 0.05) is 13.0 Å². The molecule has 0 radical (unpaired) electrons. The summed E-state index contributed by atoms with van der Waals surface area (Å²) >= 11 is 0. The van der Waals surface area contributed by atoms with Crippen LogP contribution < -0.4 is 5.32 Å². The Morgan fingerprint density at radius 3 is 2.44 bits per heavy atom. The normalized spacial score (nSPS) is 10.9. The number of ether oxygens (including phenoxy) is 2. The molecule has 0 atom stereocenters. The summed E-state index contributed by atoms with van der Waals surface area (Å²) in [6.45, 7) is 3.26. The first-order valence-corrected chi connectivity index (χ1v) is 6.34. The lowest BCUT2D eigenvalue weighted by atomic mass is 10.3. The number of nitrogens with zero attached hydrogens (tertiary/aromatic N) is 1. The van der Waals surface area contributed by atoms with E-state index in [2.05, 4.69) is 10.2 Å². The Morgan fingerprint density at radius 1 is 1.17 bits per heavy atom. The van der Waals surface area contributed by atoms with Gasteiger partial charge in [0.2, 0.25) is 5.91 Å². The van der Waals surface area contributed by atoms with Gasteiger partial charge in [-0.05, 0) is 27.1 Å². The highest BCUT2D eigenvalue weighted by Gasteiger charge is 2.00. The van der Waals surface area contributed by atoms with Crippen molar-refractivity contribution in [3.8, 4) is 0 Å². The third kappa shape index (κ3) is 13.4. The maximum absolute atomic E-state index is 11.4. The Kier molecular flexibility index (Phi) is 12.3. The molecule has 6 nitrogen and oxygen atoms in total. The highest BCUT2D eigenvalue weighted by Crippen LogP contribution is 1.90. The summed E-state index contributed by atoms with van der Waals surface area (Å²) in [6, 6.07) is 0. The Balaban J connectivity index is 3.15. The first kappa shape index (κ1) is 17.3. The lowest BCUT2D eigenvalue weighted by Crippen LogP contribution is -2.28. The number of hydrogen-bond acceptors (Lipinski definition) is 5. The van der Waals surface area contributed by atoms with Crippen molar-refractivity contribution < 1.29 is 19.4 Å². The molecule has 0 fully saturated rings. The second-order valence-electron chi connectivity index (χ2n) is 4.21. The predicted molar refractivity (Wildman–Crippen MR) is 69.5 cm³/mol. The molecule has 0 saturated carbocycles. The number of hydrogen-bond donors (Lipinski definition) is 2. The van der Waals surface area contributed by atoms with Crippen molar-refractivity contribution in [1.82, 2.24) is 10.2 Å². The van der Waals surface area contributed by atoms with E-state index in [1.807, 2.05) is 14.1 Å². The maximum atomic E-state index is 11.4. The summed E-state index contributed by atoms with van der Waals surface area (Å²) in [5.41, 5.74) is 0. The summed E-state index contributed by atoms with van der Waals surface area (Å²) in [6.07, 6.45) is 1.42. The molecule has 0 aromatic rings. The average Bonchev–Trinajstić information content (AvgIpc) is 2.32. The van der Waals surface area contributed by atoms with Crippen LogP contribution in [0.5, 0.6) is 0 Å². The molecule has 0 aliphatic carbocycles. The van der Waals surface area contributed by atoms with Gasteiger partial charge >= 0.3 is 0 Å². The van der Waals surface area contributed by atoms with Crippen molar-refractivity contribution in [2.45, 2.75) is 12.8 Å². The number of aliphatic hydroxyl groups excluding tert-OH is 1. The highest BCUT2D eigenvalue weighted by atomic mass is 16.5. The molecule has 0 aliphatic rings. The van der Waals surface area contributed by atoms with Crippen LogP contribution in [0.25, 0.3) is 0 Å². The van der Waals surface area contributed by atoms with Crippen molar-refractivity contribution in [1.29, 1.82) is 0 Å². The van der Waals surface area contributed by atoms with Crippen LogP contribution in [-0.2, 0) is 14.3 Å². The van der Waals surface area contributed by atoms with Gasteiger partial charge in [0.15, 0.2) is 0 Å². The molecule has 1 amide bonds. The number of amides is 1. The topological polar surface area (TPSA) is 71.0 Å². The SMILES string of the molecule is CN(C)CCCC(=O)NCCOCCOCCO. The summed E-state index contributed by atoms with van der Waals surface area (Å²) in [4.78, 5) is 13.4. The molecule has 0 heterocycles. The summed E-state index contributed by atoms with van der Waals surface area (Å²) in [5.74, 6) is 0.0666. The zero-order chi connectivity index (χ0) is 13.6. The Morgan fingerprint density at radius 2 is 1.83 bits per heavy atom. The second-order valence-corrected chi connectivity index (χ2v) is 4.21. The van der Waals surface area contributed by atoms with E-state index in [0.717, 1.165) is 13.0 Å². The quantitative estimate of drug-likeness (QED) is 0.463. The molecule has 108 valence electrons. The van der Waals surface area contributed by atoms with E-state index in [9.17, 15) is 4.79 Å². The minimum Gasteiger partial charge on any atom is -0.394 e. The second kappa shape index (κ2) is 12.8. The largest absolute Gasteiger partial charge is 0.394 e. The highest BCUT2D eigenvalue weighted by molar-refractivity contribution is 5.75. The molecule has 0 rings (SSSR count). The van der Waals surface area contributed by atoms with Gasteiger partial charge in [0.25, 0.3) is 0 Å². The molecule has 0 aliphatic heterocycles. The van der Waals surface area contributed by atoms with Gasteiger partial charge in [-0.25, -0.2) is 0 Å². The van der Waals surface area contributed by atoms with Gasteiger partial charge in [-0.1, -0.05) is 0 Å². The fourth-order valence-electron chi connectivity index (χ4n) is 1.29. The lowest BCUT2D eigenvalue weighted by Gasteiger charge is -2.09. The van der Waals surface area contributed by atoms with Crippen LogP contribution in [-0.4, -0.2) is 76.1 Å². The van der Waals surface area contributed by atoms with Gasteiger partial charge in [-0.15, -0.1) is 0 Å². The molecule has 0 unspecified atom stereocenters. The third-order valence-corrected chi connectivity index (χ3v) is 2.19. The van der Waals surface area contributed by atoms with Crippen LogP contribution in [0.4, 0.5) is 0 Å². The molecule has 0 aromatic carbocycles. The maximum Gasteiger partial charge on any atom is 0.220 e. The summed E-state index contributed by atoms with van der Waals surface area (Å²) in [7, 11) is 3.98. The Hall–Kier alpha value is -0.690. The van der Waals surface area contributed by atoms with Crippen LogP contribution >= 0.6 is 0 Å². The number of rotatable bonds is 12.